The Morgan fingerprint density at radius 3 is 2.72 bits per heavy atom. The Bertz CT molecular complexity index is 1140. The molecule has 0 aliphatic heterocycles. The van der Waals surface area contributed by atoms with Crippen molar-refractivity contribution in [1.29, 1.82) is 0 Å². The average Bonchev–Trinajstić information content (AvgIpc) is 3.15. The maximum atomic E-state index is 13.8. The van der Waals surface area contributed by atoms with Gasteiger partial charge in [0.25, 0.3) is 0 Å². The molecule has 11 heteroatoms. The van der Waals surface area contributed by atoms with E-state index in [0.29, 0.717) is 16.7 Å². The van der Waals surface area contributed by atoms with Crippen LogP contribution in [0, 0.1) is 5.82 Å². The predicted molar refractivity (Wildman–Crippen MR) is 119 cm³/mol. The molecule has 0 aliphatic carbocycles. The largest absolute Gasteiger partial charge is 0.480 e. The van der Waals surface area contributed by atoms with Crippen molar-refractivity contribution >= 4 is 40.9 Å². The van der Waals surface area contributed by atoms with Crippen LogP contribution >= 0.6 is 23.4 Å². The Labute approximate surface area is 193 Å². The molecule has 1 unspecified atom stereocenters. The summed E-state index contributed by atoms with van der Waals surface area (Å²) in [6.45, 7) is 1.73. The van der Waals surface area contributed by atoms with Gasteiger partial charge in [0, 0.05) is 12.7 Å². The van der Waals surface area contributed by atoms with E-state index >= 15 is 0 Å². The van der Waals surface area contributed by atoms with Gasteiger partial charge >= 0.3 is 5.97 Å². The maximum absolute atomic E-state index is 13.8. The zero-order valence-corrected chi connectivity index (χ0v) is 19.0. The SMILES string of the molecule is COC(=O)c1cc(NC(=O)CSc2nnc(C(C)Oc3ccccc3F)n2C)ccc1Cl. The topological polar surface area (TPSA) is 95.3 Å². The third-order valence-electron chi connectivity index (χ3n) is 4.36. The zero-order valence-electron chi connectivity index (χ0n) is 17.5. The molecule has 1 heterocycles. The van der Waals surface area contributed by atoms with Gasteiger partial charge in [0.15, 0.2) is 28.7 Å². The molecular formula is C21H20ClFN4O4S. The number of anilines is 1. The number of nitrogens with zero attached hydrogens (tertiary/aromatic N) is 3. The number of methoxy groups -OCH3 is 1. The summed E-state index contributed by atoms with van der Waals surface area (Å²) >= 11 is 7.16. The second kappa shape index (κ2) is 10.5. The molecule has 1 N–H and O–H groups in total. The molecule has 3 rings (SSSR count). The number of carbonyl (C=O) groups excluding carboxylic acids is 2. The molecule has 0 saturated carbocycles. The summed E-state index contributed by atoms with van der Waals surface area (Å²) in [7, 11) is 2.98. The number of hydrogen-bond acceptors (Lipinski definition) is 7. The first kappa shape index (κ1) is 23.6. The highest BCUT2D eigenvalue weighted by Gasteiger charge is 2.19. The quantitative estimate of drug-likeness (QED) is 0.381. The van der Waals surface area contributed by atoms with Crippen molar-refractivity contribution in [1.82, 2.24) is 14.8 Å². The highest BCUT2D eigenvalue weighted by atomic mass is 35.5. The Morgan fingerprint density at radius 2 is 2.00 bits per heavy atom. The number of esters is 1. The van der Waals surface area contributed by atoms with E-state index in [9.17, 15) is 14.0 Å². The molecule has 1 amide bonds. The second-order valence-electron chi connectivity index (χ2n) is 6.61. The van der Waals surface area contributed by atoms with Crippen molar-refractivity contribution in [2.45, 2.75) is 18.2 Å². The zero-order chi connectivity index (χ0) is 23.3. The van der Waals surface area contributed by atoms with Crippen molar-refractivity contribution in [3.63, 3.8) is 0 Å². The van der Waals surface area contributed by atoms with E-state index in [1.807, 2.05) is 0 Å². The average molecular weight is 479 g/mol. The molecule has 1 atom stereocenters. The van der Waals surface area contributed by atoms with E-state index in [2.05, 4.69) is 20.3 Å². The van der Waals surface area contributed by atoms with Crippen molar-refractivity contribution in [3.05, 3.63) is 64.7 Å². The van der Waals surface area contributed by atoms with Gasteiger partial charge in [-0.05, 0) is 37.3 Å². The molecule has 2 aromatic carbocycles. The Morgan fingerprint density at radius 1 is 1.25 bits per heavy atom. The molecule has 8 nitrogen and oxygen atoms in total. The Balaban J connectivity index is 1.61. The van der Waals surface area contributed by atoms with Gasteiger partial charge < -0.3 is 19.4 Å². The van der Waals surface area contributed by atoms with Gasteiger partial charge in [-0.3, -0.25) is 4.79 Å². The summed E-state index contributed by atoms with van der Waals surface area (Å²) in [5, 5.41) is 11.6. The lowest BCUT2D eigenvalue weighted by atomic mass is 10.2. The van der Waals surface area contributed by atoms with Crippen LogP contribution in [-0.4, -0.2) is 39.5 Å². The van der Waals surface area contributed by atoms with Crippen molar-refractivity contribution in [3.8, 4) is 5.75 Å². The molecular weight excluding hydrogens is 459 g/mol. The third-order valence-corrected chi connectivity index (χ3v) is 5.71. The van der Waals surface area contributed by atoms with Gasteiger partial charge in [0.2, 0.25) is 5.91 Å². The fraction of sp³-hybridized carbons (Fsp3) is 0.238. The van der Waals surface area contributed by atoms with Crippen LogP contribution in [0.15, 0.2) is 47.6 Å². The number of hydrogen-bond donors (Lipinski definition) is 1. The number of para-hydroxylation sites is 1. The van der Waals surface area contributed by atoms with Crippen molar-refractivity contribution in [2.24, 2.45) is 7.05 Å². The number of carbonyl (C=O) groups is 2. The standard InChI is InChI=1S/C21H20ClFN4O4S/c1-12(31-17-7-5-4-6-16(17)23)19-25-26-21(27(19)2)32-11-18(28)24-13-8-9-15(22)14(10-13)20(29)30-3/h4-10,12H,11H2,1-3H3,(H,24,28). The minimum Gasteiger partial charge on any atom is -0.480 e. The van der Waals surface area contributed by atoms with Crippen LogP contribution in [0.2, 0.25) is 5.02 Å². The van der Waals surface area contributed by atoms with Crippen LogP contribution in [-0.2, 0) is 16.6 Å². The summed E-state index contributed by atoms with van der Waals surface area (Å²) in [5.74, 6) is -0.731. The molecule has 0 bridgehead atoms. The van der Waals surface area contributed by atoms with Crippen LogP contribution < -0.4 is 10.1 Å². The van der Waals surface area contributed by atoms with Crippen LogP contribution in [0.25, 0.3) is 0 Å². The number of thioether (sulfide) groups is 1. The van der Waals surface area contributed by atoms with Crippen LogP contribution in [0.5, 0.6) is 5.75 Å². The number of rotatable bonds is 8. The number of amides is 1. The van der Waals surface area contributed by atoms with Gasteiger partial charge in [-0.25, -0.2) is 9.18 Å². The van der Waals surface area contributed by atoms with Crippen LogP contribution in [0.4, 0.5) is 10.1 Å². The minimum atomic E-state index is -0.598. The molecule has 0 radical (unpaired) electrons. The first-order valence-corrected chi connectivity index (χ1v) is 10.8. The maximum Gasteiger partial charge on any atom is 0.339 e. The first-order valence-electron chi connectivity index (χ1n) is 9.41. The second-order valence-corrected chi connectivity index (χ2v) is 7.96. The third kappa shape index (κ3) is 5.57. The monoisotopic (exact) mass is 478 g/mol. The highest BCUT2D eigenvalue weighted by Crippen LogP contribution is 2.26. The van der Waals surface area contributed by atoms with Crippen molar-refractivity contribution in [2.75, 3.05) is 18.2 Å². The van der Waals surface area contributed by atoms with Crippen molar-refractivity contribution < 1.29 is 23.5 Å². The van der Waals surface area contributed by atoms with Gasteiger partial charge in [-0.1, -0.05) is 35.5 Å². The van der Waals surface area contributed by atoms with Gasteiger partial charge in [0.05, 0.1) is 23.4 Å². The van der Waals surface area contributed by atoms with Crippen LogP contribution in [0.1, 0.15) is 29.2 Å². The van der Waals surface area contributed by atoms with Gasteiger partial charge in [0.1, 0.15) is 0 Å². The lowest BCUT2D eigenvalue weighted by Crippen LogP contribution is -2.15. The van der Waals surface area contributed by atoms with Gasteiger partial charge in [-0.2, -0.15) is 0 Å². The predicted octanol–water partition coefficient (Wildman–Crippen LogP) is 4.27. The number of ether oxygens (including phenoxy) is 2. The van der Waals surface area contributed by atoms with Crippen LogP contribution in [0.3, 0.4) is 0 Å². The molecule has 168 valence electrons. The highest BCUT2D eigenvalue weighted by molar-refractivity contribution is 7.99. The Hall–Kier alpha value is -3.11. The van der Waals surface area contributed by atoms with E-state index in [4.69, 9.17) is 16.3 Å². The molecule has 1 aromatic heterocycles. The number of aromatic nitrogens is 3. The molecule has 0 fully saturated rings. The number of nitrogens with one attached hydrogen (secondary N) is 1. The van der Waals surface area contributed by atoms with E-state index in [1.165, 1.54) is 43.1 Å². The molecule has 32 heavy (non-hydrogen) atoms. The summed E-state index contributed by atoms with van der Waals surface area (Å²) in [6, 6.07) is 10.6. The molecule has 0 spiro atoms. The van der Waals surface area contributed by atoms with E-state index in [1.54, 1.807) is 36.7 Å². The van der Waals surface area contributed by atoms with E-state index < -0.39 is 17.9 Å². The number of benzene rings is 2. The summed E-state index contributed by atoms with van der Waals surface area (Å²) in [4.78, 5) is 24.1. The summed E-state index contributed by atoms with van der Waals surface area (Å²) < 4.78 is 25.8. The molecule has 0 saturated heterocycles. The fourth-order valence-corrected chi connectivity index (χ4v) is 3.70. The smallest absolute Gasteiger partial charge is 0.339 e. The lowest BCUT2D eigenvalue weighted by Gasteiger charge is -2.14. The Kier molecular flexibility index (Phi) is 7.70. The molecule has 0 aliphatic rings. The summed E-state index contributed by atoms with van der Waals surface area (Å²) in [6.07, 6.45) is -0.557. The van der Waals surface area contributed by atoms with E-state index in [-0.39, 0.29) is 28.0 Å². The normalized spacial score (nSPS) is 11.7. The summed E-state index contributed by atoms with van der Waals surface area (Å²) in [5.41, 5.74) is 0.562. The number of halogens is 2. The first-order chi connectivity index (χ1) is 15.3. The van der Waals surface area contributed by atoms with Gasteiger partial charge in [-0.15, -0.1) is 10.2 Å². The lowest BCUT2D eigenvalue weighted by molar-refractivity contribution is -0.113. The molecule has 3 aromatic rings. The minimum absolute atomic E-state index is 0.0463. The fourth-order valence-electron chi connectivity index (χ4n) is 2.79. The van der Waals surface area contributed by atoms with E-state index in [0.717, 1.165) is 0 Å².